The third kappa shape index (κ3) is 4.34. The quantitative estimate of drug-likeness (QED) is 0.718. The molecule has 1 fully saturated rings. The van der Waals surface area contributed by atoms with Crippen LogP contribution in [-0.4, -0.2) is 41.2 Å². The minimum absolute atomic E-state index is 0.0295. The van der Waals surface area contributed by atoms with E-state index in [0.717, 1.165) is 36.7 Å². The minimum Gasteiger partial charge on any atom is -0.294 e. The van der Waals surface area contributed by atoms with Crippen LogP contribution in [0.2, 0.25) is 0 Å². The fraction of sp³-hybridized carbons (Fsp3) is 0.462. The predicted octanol–water partition coefficient (Wildman–Crippen LogP) is 5.02. The van der Waals surface area contributed by atoms with Gasteiger partial charge in [-0.05, 0) is 69.3 Å². The number of carbonyl (C=O) groups is 1. The molecule has 158 valence electrons. The summed E-state index contributed by atoms with van der Waals surface area (Å²) in [6, 6.07) is 14.8. The molecule has 1 amide bonds. The van der Waals surface area contributed by atoms with Crippen LogP contribution in [0.5, 0.6) is 0 Å². The van der Waals surface area contributed by atoms with Crippen molar-refractivity contribution in [1.82, 2.24) is 9.91 Å². The Bertz CT molecular complexity index is 957. The predicted molar refractivity (Wildman–Crippen MR) is 123 cm³/mol. The average Bonchev–Trinajstić information content (AvgIpc) is 3.15. The van der Waals surface area contributed by atoms with Crippen molar-refractivity contribution in [3.8, 4) is 0 Å². The number of carbonyl (C=O) groups excluding carboxylic acids is 1. The molecule has 4 rings (SSSR count). The minimum atomic E-state index is -0.0295. The summed E-state index contributed by atoms with van der Waals surface area (Å²) in [4.78, 5) is 15.7. The second kappa shape index (κ2) is 8.73. The lowest BCUT2D eigenvalue weighted by Gasteiger charge is -2.31. The molecule has 0 saturated carbocycles. The second-order valence-electron chi connectivity index (χ2n) is 9.14. The van der Waals surface area contributed by atoms with Gasteiger partial charge in [0.05, 0.1) is 18.3 Å². The van der Waals surface area contributed by atoms with Crippen molar-refractivity contribution in [3.05, 3.63) is 70.3 Å². The summed E-state index contributed by atoms with van der Waals surface area (Å²) in [6.45, 7) is 11.1. The molecule has 0 aliphatic carbocycles. The molecule has 0 radical (unpaired) electrons. The third-order valence-electron chi connectivity index (χ3n) is 6.64. The molecular weight excluding hydrogens is 370 g/mol. The van der Waals surface area contributed by atoms with Crippen LogP contribution in [0.3, 0.4) is 0 Å². The van der Waals surface area contributed by atoms with Crippen LogP contribution in [0.4, 0.5) is 0 Å². The maximum atomic E-state index is 13.4. The van der Waals surface area contributed by atoms with Gasteiger partial charge in [0.25, 0.3) is 5.91 Å². The molecular formula is C26H33N3O. The van der Waals surface area contributed by atoms with Gasteiger partial charge in [-0.1, -0.05) is 55.0 Å². The summed E-state index contributed by atoms with van der Waals surface area (Å²) in [5, 5.41) is 6.67. The Labute approximate surface area is 180 Å². The van der Waals surface area contributed by atoms with Crippen molar-refractivity contribution >= 4 is 11.6 Å². The van der Waals surface area contributed by atoms with Crippen LogP contribution in [0.1, 0.15) is 60.0 Å². The van der Waals surface area contributed by atoms with Crippen molar-refractivity contribution in [2.24, 2.45) is 11.0 Å². The molecule has 4 nitrogen and oxygen atoms in total. The maximum Gasteiger partial charge on any atom is 0.257 e. The molecule has 2 aliphatic heterocycles. The number of rotatable bonds is 4. The van der Waals surface area contributed by atoms with Crippen molar-refractivity contribution in [2.45, 2.75) is 53.0 Å². The average molecular weight is 404 g/mol. The van der Waals surface area contributed by atoms with Gasteiger partial charge in [-0.2, -0.15) is 5.10 Å². The Morgan fingerprint density at radius 2 is 1.77 bits per heavy atom. The van der Waals surface area contributed by atoms with Crippen molar-refractivity contribution in [3.63, 3.8) is 0 Å². The first kappa shape index (κ1) is 20.8. The SMILES string of the molecule is Cc1ccc(C2=NN(C(=O)CN3CCC(C)CC3)[C@@H](c3ccccc3C)C2)c(C)c1. The molecule has 2 heterocycles. The van der Waals surface area contributed by atoms with Crippen LogP contribution in [0.15, 0.2) is 47.6 Å². The summed E-state index contributed by atoms with van der Waals surface area (Å²) in [5.74, 6) is 0.870. The van der Waals surface area contributed by atoms with E-state index >= 15 is 0 Å². The molecule has 2 aromatic rings. The standard InChI is InChI=1S/C26H33N3O/c1-18-11-13-28(14-12-18)17-26(30)29-25(23-8-6-5-7-20(23)3)16-24(27-29)22-10-9-19(2)15-21(22)4/h5-10,15,18,25H,11-14,16-17H2,1-4H3/t25-/m1/s1. The van der Waals surface area contributed by atoms with Gasteiger partial charge < -0.3 is 0 Å². The first-order valence-corrected chi connectivity index (χ1v) is 11.2. The highest BCUT2D eigenvalue weighted by molar-refractivity contribution is 6.04. The Kier molecular flexibility index (Phi) is 6.05. The van der Waals surface area contributed by atoms with E-state index < -0.39 is 0 Å². The Morgan fingerprint density at radius 1 is 1.03 bits per heavy atom. The molecule has 0 aromatic heterocycles. The van der Waals surface area contributed by atoms with Gasteiger partial charge >= 0.3 is 0 Å². The molecule has 0 spiro atoms. The maximum absolute atomic E-state index is 13.4. The lowest BCUT2D eigenvalue weighted by molar-refractivity contribution is -0.134. The fourth-order valence-electron chi connectivity index (χ4n) is 4.73. The highest BCUT2D eigenvalue weighted by atomic mass is 16.2. The number of amides is 1. The van der Waals surface area contributed by atoms with Crippen molar-refractivity contribution in [2.75, 3.05) is 19.6 Å². The Hall–Kier alpha value is -2.46. The van der Waals surface area contributed by atoms with Gasteiger partial charge in [-0.25, -0.2) is 5.01 Å². The van der Waals surface area contributed by atoms with Crippen LogP contribution < -0.4 is 0 Å². The van der Waals surface area contributed by atoms with Gasteiger partial charge in [0.2, 0.25) is 0 Å². The zero-order valence-electron chi connectivity index (χ0n) is 18.7. The first-order chi connectivity index (χ1) is 14.4. The van der Waals surface area contributed by atoms with E-state index in [4.69, 9.17) is 5.10 Å². The smallest absolute Gasteiger partial charge is 0.257 e. The number of hydrazone groups is 1. The van der Waals surface area contributed by atoms with Gasteiger partial charge in [0, 0.05) is 12.0 Å². The topological polar surface area (TPSA) is 35.9 Å². The number of likely N-dealkylation sites (tertiary alicyclic amines) is 1. The van der Waals surface area contributed by atoms with Gasteiger partial charge in [0.1, 0.15) is 0 Å². The van der Waals surface area contributed by atoms with E-state index in [9.17, 15) is 4.79 Å². The largest absolute Gasteiger partial charge is 0.294 e. The summed E-state index contributed by atoms with van der Waals surface area (Å²) in [5.41, 5.74) is 7.04. The third-order valence-corrected chi connectivity index (χ3v) is 6.64. The van der Waals surface area contributed by atoms with Crippen molar-refractivity contribution in [1.29, 1.82) is 0 Å². The number of aryl methyl sites for hydroxylation is 3. The normalized spacial score (nSPS) is 20.5. The van der Waals surface area contributed by atoms with E-state index in [0.29, 0.717) is 6.54 Å². The second-order valence-corrected chi connectivity index (χ2v) is 9.14. The fourth-order valence-corrected chi connectivity index (χ4v) is 4.73. The zero-order valence-corrected chi connectivity index (χ0v) is 18.7. The summed E-state index contributed by atoms with van der Waals surface area (Å²) in [6.07, 6.45) is 3.11. The molecule has 30 heavy (non-hydrogen) atoms. The first-order valence-electron chi connectivity index (χ1n) is 11.2. The van der Waals surface area contributed by atoms with Gasteiger partial charge in [-0.3, -0.25) is 9.69 Å². The molecule has 2 aliphatic rings. The molecule has 1 saturated heterocycles. The van der Waals surface area contributed by atoms with Gasteiger partial charge in [-0.15, -0.1) is 0 Å². The Morgan fingerprint density at radius 3 is 2.47 bits per heavy atom. The molecule has 0 unspecified atom stereocenters. The molecule has 1 atom stereocenters. The number of piperidine rings is 1. The highest BCUT2D eigenvalue weighted by Gasteiger charge is 2.35. The highest BCUT2D eigenvalue weighted by Crippen LogP contribution is 2.35. The van der Waals surface area contributed by atoms with Crippen LogP contribution in [0.25, 0.3) is 0 Å². The lowest BCUT2D eigenvalue weighted by Crippen LogP contribution is -2.41. The van der Waals surface area contributed by atoms with E-state index in [2.05, 4.69) is 75.1 Å². The van der Waals surface area contributed by atoms with Crippen LogP contribution >= 0.6 is 0 Å². The number of hydrogen-bond acceptors (Lipinski definition) is 3. The summed E-state index contributed by atoms with van der Waals surface area (Å²) in [7, 11) is 0. The summed E-state index contributed by atoms with van der Waals surface area (Å²) >= 11 is 0. The summed E-state index contributed by atoms with van der Waals surface area (Å²) < 4.78 is 0. The van der Waals surface area contributed by atoms with Crippen molar-refractivity contribution < 1.29 is 4.79 Å². The van der Waals surface area contributed by atoms with Crippen LogP contribution in [0, 0.1) is 26.7 Å². The zero-order chi connectivity index (χ0) is 21.3. The Balaban J connectivity index is 1.62. The number of hydrogen-bond donors (Lipinski definition) is 0. The lowest BCUT2D eigenvalue weighted by atomic mass is 9.93. The molecule has 0 bridgehead atoms. The van der Waals surface area contributed by atoms with E-state index in [-0.39, 0.29) is 11.9 Å². The van der Waals surface area contributed by atoms with E-state index in [1.165, 1.54) is 35.1 Å². The molecule has 0 N–H and O–H groups in total. The molecule has 4 heteroatoms. The van der Waals surface area contributed by atoms with Gasteiger partial charge in [0.15, 0.2) is 0 Å². The van der Waals surface area contributed by atoms with E-state index in [1.807, 2.05) is 0 Å². The molecule has 2 aromatic carbocycles. The number of benzene rings is 2. The van der Waals surface area contributed by atoms with Crippen LogP contribution in [-0.2, 0) is 4.79 Å². The van der Waals surface area contributed by atoms with E-state index in [1.54, 1.807) is 5.01 Å². The number of nitrogens with zero attached hydrogens (tertiary/aromatic N) is 3. The monoisotopic (exact) mass is 403 g/mol.